The zero-order chi connectivity index (χ0) is 19.4. The number of hydrogen-bond donors (Lipinski definition) is 2. The number of nitrogens with two attached hydrogens (primary N) is 1. The summed E-state index contributed by atoms with van der Waals surface area (Å²) in [5.74, 6) is 2.11. The Balaban J connectivity index is 1.59. The second-order valence-electron chi connectivity index (χ2n) is 7.80. The number of benzene rings is 2. The van der Waals surface area contributed by atoms with Crippen LogP contribution in [0.25, 0.3) is 38.9 Å². The first kappa shape index (κ1) is 16.4. The molecule has 0 atom stereocenters. The summed E-state index contributed by atoms with van der Waals surface area (Å²) in [6.07, 6.45) is 7.38. The van der Waals surface area contributed by atoms with Crippen LogP contribution in [0.1, 0.15) is 31.0 Å². The quantitative estimate of drug-likeness (QED) is 0.441. The summed E-state index contributed by atoms with van der Waals surface area (Å²) in [4.78, 5) is 13.0. The second-order valence-corrected chi connectivity index (χ2v) is 7.80. The number of imidazole rings is 1. The molecule has 1 aliphatic carbocycles. The summed E-state index contributed by atoms with van der Waals surface area (Å²) >= 11 is 0. The zero-order valence-corrected chi connectivity index (χ0v) is 16.0. The van der Waals surface area contributed by atoms with Crippen LogP contribution in [0, 0.1) is 0 Å². The highest BCUT2D eigenvalue weighted by atomic mass is 15.1. The number of anilines is 1. The van der Waals surface area contributed by atoms with Gasteiger partial charge in [-0.15, -0.1) is 0 Å². The largest absolute Gasteiger partial charge is 0.382 e. The molecule has 5 heteroatoms. The van der Waals surface area contributed by atoms with Gasteiger partial charge in [0, 0.05) is 29.3 Å². The van der Waals surface area contributed by atoms with Crippen LogP contribution in [-0.2, 0) is 0 Å². The van der Waals surface area contributed by atoms with E-state index in [0.717, 1.165) is 33.6 Å². The molecule has 0 amide bonds. The molecule has 5 aromatic rings. The minimum absolute atomic E-state index is 0.502. The number of aromatic nitrogens is 4. The summed E-state index contributed by atoms with van der Waals surface area (Å²) in [6.45, 7) is 0. The Bertz CT molecular complexity index is 1340. The molecule has 1 aliphatic rings. The van der Waals surface area contributed by atoms with E-state index in [2.05, 4.69) is 62.9 Å². The number of nitrogen functional groups attached to an aromatic ring is 1. The Hall–Kier alpha value is -3.60. The molecule has 142 valence electrons. The molecule has 0 bridgehead atoms. The summed E-state index contributed by atoms with van der Waals surface area (Å²) in [7, 11) is 0. The molecule has 1 fully saturated rings. The zero-order valence-electron chi connectivity index (χ0n) is 16.0. The molecule has 0 unspecified atom stereocenters. The number of para-hydroxylation sites is 1. The molecular formula is C24H21N5. The highest BCUT2D eigenvalue weighted by Gasteiger charge is 2.27. The molecule has 0 spiro atoms. The maximum atomic E-state index is 6.30. The Morgan fingerprint density at radius 1 is 1.03 bits per heavy atom. The van der Waals surface area contributed by atoms with Crippen molar-refractivity contribution in [2.24, 2.45) is 0 Å². The van der Waals surface area contributed by atoms with Gasteiger partial charge in [0.15, 0.2) is 0 Å². The van der Waals surface area contributed by atoms with Gasteiger partial charge in [-0.1, -0.05) is 55.0 Å². The van der Waals surface area contributed by atoms with E-state index in [0.29, 0.717) is 11.7 Å². The van der Waals surface area contributed by atoms with Crippen molar-refractivity contribution in [3.05, 3.63) is 72.8 Å². The molecule has 3 aromatic heterocycles. The first-order valence-corrected chi connectivity index (χ1v) is 10.1. The van der Waals surface area contributed by atoms with Crippen LogP contribution in [0.3, 0.4) is 0 Å². The topological polar surface area (TPSA) is 72.0 Å². The van der Waals surface area contributed by atoms with Gasteiger partial charge in [0.1, 0.15) is 22.9 Å². The SMILES string of the molecule is Nc1nccn2c(C3CCC3)nc(-c3cc4cccc(-c5ccccc5)c4[nH]3)c12. The van der Waals surface area contributed by atoms with E-state index >= 15 is 0 Å². The van der Waals surface area contributed by atoms with Gasteiger partial charge in [-0.25, -0.2) is 9.97 Å². The molecular weight excluding hydrogens is 358 g/mol. The molecule has 1 saturated carbocycles. The van der Waals surface area contributed by atoms with Crippen LogP contribution in [-0.4, -0.2) is 19.4 Å². The summed E-state index contributed by atoms with van der Waals surface area (Å²) < 4.78 is 2.13. The van der Waals surface area contributed by atoms with Gasteiger partial charge in [-0.3, -0.25) is 4.40 Å². The van der Waals surface area contributed by atoms with Gasteiger partial charge < -0.3 is 10.7 Å². The summed E-state index contributed by atoms with van der Waals surface area (Å²) in [6, 6.07) is 19.0. The predicted molar refractivity (Wildman–Crippen MR) is 117 cm³/mol. The van der Waals surface area contributed by atoms with Gasteiger partial charge in [0.2, 0.25) is 0 Å². The normalized spacial score (nSPS) is 14.5. The first-order chi connectivity index (χ1) is 14.3. The lowest BCUT2D eigenvalue weighted by Crippen LogP contribution is -2.12. The van der Waals surface area contributed by atoms with Crippen LogP contribution in [0.2, 0.25) is 0 Å². The highest BCUT2D eigenvalue weighted by Crippen LogP contribution is 2.40. The Morgan fingerprint density at radius 3 is 2.69 bits per heavy atom. The minimum atomic E-state index is 0.502. The van der Waals surface area contributed by atoms with Crippen molar-refractivity contribution in [3.8, 4) is 22.5 Å². The van der Waals surface area contributed by atoms with Crippen LogP contribution in [0.15, 0.2) is 67.0 Å². The van der Waals surface area contributed by atoms with Gasteiger partial charge in [-0.2, -0.15) is 0 Å². The molecule has 6 rings (SSSR count). The molecule has 0 aliphatic heterocycles. The van der Waals surface area contributed by atoms with Crippen molar-refractivity contribution in [1.29, 1.82) is 0 Å². The fraction of sp³-hybridized carbons (Fsp3) is 0.167. The number of nitrogens with one attached hydrogen (secondary N) is 1. The molecule has 2 aromatic carbocycles. The van der Waals surface area contributed by atoms with E-state index in [-0.39, 0.29) is 0 Å². The second kappa shape index (κ2) is 6.21. The third kappa shape index (κ3) is 2.47. The highest BCUT2D eigenvalue weighted by molar-refractivity contribution is 5.98. The van der Waals surface area contributed by atoms with Crippen LogP contribution in [0.5, 0.6) is 0 Å². The van der Waals surface area contributed by atoms with Crippen molar-refractivity contribution in [2.45, 2.75) is 25.2 Å². The Labute approximate surface area is 168 Å². The van der Waals surface area contributed by atoms with Crippen molar-refractivity contribution in [1.82, 2.24) is 19.4 Å². The van der Waals surface area contributed by atoms with Gasteiger partial charge in [-0.05, 0) is 24.5 Å². The average molecular weight is 379 g/mol. The third-order valence-electron chi connectivity index (χ3n) is 6.08. The van der Waals surface area contributed by atoms with Gasteiger partial charge >= 0.3 is 0 Å². The lowest BCUT2D eigenvalue weighted by atomic mass is 9.85. The Kier molecular flexibility index (Phi) is 3.50. The minimum Gasteiger partial charge on any atom is -0.382 e. The smallest absolute Gasteiger partial charge is 0.150 e. The third-order valence-corrected chi connectivity index (χ3v) is 6.08. The maximum absolute atomic E-state index is 6.30. The van der Waals surface area contributed by atoms with E-state index in [1.165, 1.54) is 30.4 Å². The fourth-order valence-electron chi connectivity index (χ4n) is 4.37. The molecule has 0 saturated heterocycles. The molecule has 29 heavy (non-hydrogen) atoms. The Morgan fingerprint density at radius 2 is 1.90 bits per heavy atom. The van der Waals surface area contributed by atoms with Gasteiger partial charge in [0.05, 0.1) is 11.2 Å². The number of aromatic amines is 1. The number of nitrogens with zero attached hydrogens (tertiary/aromatic N) is 3. The maximum Gasteiger partial charge on any atom is 0.150 e. The summed E-state index contributed by atoms with van der Waals surface area (Å²) in [5.41, 5.74) is 12.5. The lowest BCUT2D eigenvalue weighted by molar-refractivity contribution is 0.400. The van der Waals surface area contributed by atoms with Crippen molar-refractivity contribution >= 4 is 22.2 Å². The number of fused-ring (bicyclic) bond motifs is 2. The van der Waals surface area contributed by atoms with E-state index in [9.17, 15) is 0 Å². The average Bonchev–Trinajstić information content (AvgIpc) is 3.30. The molecule has 0 radical (unpaired) electrons. The van der Waals surface area contributed by atoms with Crippen LogP contribution < -0.4 is 5.73 Å². The van der Waals surface area contributed by atoms with Crippen molar-refractivity contribution < 1.29 is 0 Å². The fourth-order valence-corrected chi connectivity index (χ4v) is 4.37. The van der Waals surface area contributed by atoms with Crippen molar-refractivity contribution in [2.75, 3.05) is 5.73 Å². The molecule has 3 heterocycles. The number of rotatable bonds is 3. The predicted octanol–water partition coefficient (Wildman–Crippen LogP) is 5.39. The summed E-state index contributed by atoms with van der Waals surface area (Å²) in [5, 5.41) is 1.16. The number of H-pyrrole nitrogens is 1. The van der Waals surface area contributed by atoms with E-state index in [4.69, 9.17) is 10.7 Å². The van der Waals surface area contributed by atoms with Gasteiger partial charge in [0.25, 0.3) is 0 Å². The standard InChI is InChI=1S/C24H21N5/c25-23-22-21(28-24(16-8-4-9-16)29(22)13-12-26-23)19-14-17-10-5-11-18(20(17)27-19)15-6-2-1-3-7-15/h1-3,5-7,10-14,16,27H,4,8-9H2,(H2,25,26). The van der Waals surface area contributed by atoms with E-state index < -0.39 is 0 Å². The number of hydrogen-bond acceptors (Lipinski definition) is 3. The molecule has 3 N–H and O–H groups in total. The first-order valence-electron chi connectivity index (χ1n) is 10.1. The lowest BCUT2D eigenvalue weighted by Gasteiger charge is -2.23. The van der Waals surface area contributed by atoms with Crippen LogP contribution >= 0.6 is 0 Å². The van der Waals surface area contributed by atoms with E-state index in [1.54, 1.807) is 6.20 Å². The van der Waals surface area contributed by atoms with Crippen molar-refractivity contribution in [3.63, 3.8) is 0 Å². The monoisotopic (exact) mass is 379 g/mol. The van der Waals surface area contributed by atoms with E-state index in [1.807, 2.05) is 12.3 Å². The molecule has 5 nitrogen and oxygen atoms in total. The van der Waals surface area contributed by atoms with Crippen LogP contribution in [0.4, 0.5) is 5.82 Å².